The average Bonchev–Trinajstić information content (AvgIpc) is 3.64. The van der Waals surface area contributed by atoms with Crippen molar-refractivity contribution in [1.29, 1.82) is 0 Å². The van der Waals surface area contributed by atoms with Crippen molar-refractivity contribution >= 4 is 5.97 Å². The van der Waals surface area contributed by atoms with E-state index in [1.54, 1.807) is 41.0 Å². The second kappa shape index (κ2) is 10.1. The zero-order valence-corrected chi connectivity index (χ0v) is 20.5. The summed E-state index contributed by atoms with van der Waals surface area (Å²) in [6.45, 7) is 2.36. The smallest absolute Gasteiger partial charge is 0.339 e. The predicted molar refractivity (Wildman–Crippen MR) is 137 cm³/mol. The average molecular weight is 499 g/mol. The van der Waals surface area contributed by atoms with Crippen molar-refractivity contribution in [2.45, 2.75) is 32.7 Å². The van der Waals surface area contributed by atoms with Gasteiger partial charge in [-0.15, -0.1) is 10.2 Å². The standard InChI is InChI=1S/C26H26N8O3/c1-3-4-7-18-16-34(24-22(25(35)36)11-13-32(24)2)26(37)33(18)15-17-14-27-12-10-19(17)20-8-5-6-9-21(20)23-28-30-31-29-23/h5-6,8-14,16H,3-4,7,15H2,1-2H3,(H,35,36)(H,28,29,30,31). The van der Waals surface area contributed by atoms with E-state index < -0.39 is 5.97 Å². The Morgan fingerprint density at radius 1 is 1.11 bits per heavy atom. The number of H-pyrrole nitrogens is 1. The Balaban J connectivity index is 1.63. The maximum atomic E-state index is 13.8. The van der Waals surface area contributed by atoms with Crippen molar-refractivity contribution in [3.8, 4) is 28.3 Å². The predicted octanol–water partition coefficient (Wildman–Crippen LogP) is 3.31. The van der Waals surface area contributed by atoms with Crippen LogP contribution in [0.4, 0.5) is 0 Å². The maximum absolute atomic E-state index is 13.8. The fourth-order valence-electron chi connectivity index (χ4n) is 4.57. The quantitative estimate of drug-likeness (QED) is 0.318. The van der Waals surface area contributed by atoms with E-state index in [9.17, 15) is 14.7 Å². The lowest BCUT2D eigenvalue weighted by molar-refractivity contribution is 0.0697. The van der Waals surface area contributed by atoms with E-state index in [0.29, 0.717) is 18.1 Å². The van der Waals surface area contributed by atoms with Crippen LogP contribution in [0.5, 0.6) is 0 Å². The first-order valence-electron chi connectivity index (χ1n) is 12.0. The fraction of sp³-hybridized carbons (Fsp3) is 0.231. The lowest BCUT2D eigenvalue weighted by Gasteiger charge is -2.14. The number of carboxylic acid groups (broad SMARTS) is 1. The summed E-state index contributed by atoms with van der Waals surface area (Å²) in [6.07, 6.45) is 9.39. The van der Waals surface area contributed by atoms with Crippen LogP contribution in [0.15, 0.2) is 66.0 Å². The van der Waals surface area contributed by atoms with Crippen molar-refractivity contribution < 1.29 is 9.90 Å². The Kier molecular flexibility index (Phi) is 6.50. The molecule has 0 radical (unpaired) electrons. The molecule has 0 aliphatic heterocycles. The molecule has 0 fully saturated rings. The number of unbranched alkanes of at least 4 members (excludes halogenated alkanes) is 1. The highest BCUT2D eigenvalue weighted by molar-refractivity contribution is 5.91. The molecule has 1 aromatic carbocycles. The summed E-state index contributed by atoms with van der Waals surface area (Å²) in [5, 5.41) is 24.2. The topological polar surface area (TPSA) is 137 Å². The molecule has 4 aromatic heterocycles. The first kappa shape index (κ1) is 23.9. The number of hydrogen-bond donors (Lipinski definition) is 2. The molecular weight excluding hydrogens is 472 g/mol. The molecule has 188 valence electrons. The number of tetrazole rings is 1. The van der Waals surface area contributed by atoms with E-state index in [0.717, 1.165) is 40.8 Å². The first-order chi connectivity index (χ1) is 18.0. The Hall–Kier alpha value is -4.80. The van der Waals surface area contributed by atoms with Crippen molar-refractivity contribution in [3.05, 3.63) is 88.5 Å². The monoisotopic (exact) mass is 498 g/mol. The number of carboxylic acids is 1. The van der Waals surface area contributed by atoms with Gasteiger partial charge >= 0.3 is 11.7 Å². The summed E-state index contributed by atoms with van der Waals surface area (Å²) in [4.78, 5) is 29.9. The highest BCUT2D eigenvalue weighted by Crippen LogP contribution is 2.32. The number of pyridine rings is 1. The third kappa shape index (κ3) is 4.46. The number of hydrogen-bond acceptors (Lipinski definition) is 6. The van der Waals surface area contributed by atoms with E-state index >= 15 is 0 Å². The van der Waals surface area contributed by atoms with Gasteiger partial charge in [0.25, 0.3) is 0 Å². The zero-order chi connectivity index (χ0) is 25.9. The van der Waals surface area contributed by atoms with Crippen LogP contribution < -0.4 is 5.69 Å². The highest BCUT2D eigenvalue weighted by atomic mass is 16.4. The van der Waals surface area contributed by atoms with E-state index in [-0.39, 0.29) is 17.8 Å². The van der Waals surface area contributed by atoms with Crippen LogP contribution in [0, 0.1) is 0 Å². The third-order valence-corrected chi connectivity index (χ3v) is 6.38. The Bertz CT molecular complexity index is 1610. The summed E-state index contributed by atoms with van der Waals surface area (Å²) in [7, 11) is 1.73. The highest BCUT2D eigenvalue weighted by Gasteiger charge is 2.22. The minimum Gasteiger partial charge on any atom is -0.478 e. The van der Waals surface area contributed by atoms with E-state index in [1.165, 1.54) is 10.6 Å². The van der Waals surface area contributed by atoms with Crippen LogP contribution in [0.2, 0.25) is 0 Å². The number of carbonyl (C=O) groups is 1. The van der Waals surface area contributed by atoms with Gasteiger partial charge < -0.3 is 9.67 Å². The molecule has 0 aliphatic rings. The summed E-state index contributed by atoms with van der Waals surface area (Å²) in [5.74, 6) is -0.295. The molecule has 5 aromatic rings. The van der Waals surface area contributed by atoms with E-state index in [4.69, 9.17) is 0 Å². The Morgan fingerprint density at radius 2 is 1.92 bits per heavy atom. The largest absolute Gasteiger partial charge is 0.478 e. The SMILES string of the molecule is CCCCc1cn(-c2c(C(=O)O)ccn2C)c(=O)n1Cc1cnccc1-c1ccccc1-c1nn[nH]n1. The number of benzene rings is 1. The van der Waals surface area contributed by atoms with Crippen LogP contribution in [-0.4, -0.2) is 50.4 Å². The van der Waals surface area contributed by atoms with Crippen LogP contribution in [-0.2, 0) is 20.0 Å². The molecule has 4 heterocycles. The van der Waals surface area contributed by atoms with Gasteiger partial charge in [0.15, 0.2) is 0 Å². The van der Waals surface area contributed by atoms with E-state index in [1.807, 2.05) is 30.3 Å². The van der Waals surface area contributed by atoms with Gasteiger partial charge in [0.1, 0.15) is 11.4 Å². The first-order valence-corrected chi connectivity index (χ1v) is 12.0. The van der Waals surface area contributed by atoms with Gasteiger partial charge in [-0.3, -0.25) is 14.1 Å². The lowest BCUT2D eigenvalue weighted by atomic mass is 9.96. The van der Waals surface area contributed by atoms with Crippen LogP contribution >= 0.6 is 0 Å². The molecule has 2 N–H and O–H groups in total. The molecule has 0 amide bonds. The number of aromatic amines is 1. The number of aryl methyl sites for hydroxylation is 2. The number of nitrogens with zero attached hydrogens (tertiary/aromatic N) is 7. The van der Waals surface area contributed by atoms with Gasteiger partial charge in [0.05, 0.1) is 6.54 Å². The molecule has 0 saturated heterocycles. The van der Waals surface area contributed by atoms with Crippen LogP contribution in [0.3, 0.4) is 0 Å². The van der Waals surface area contributed by atoms with Gasteiger partial charge in [-0.25, -0.2) is 9.59 Å². The zero-order valence-electron chi connectivity index (χ0n) is 20.5. The molecule has 0 aliphatic carbocycles. The normalized spacial score (nSPS) is 11.2. The van der Waals surface area contributed by atoms with Gasteiger partial charge in [-0.1, -0.05) is 37.6 Å². The minimum absolute atomic E-state index is 0.0693. The molecule has 11 nitrogen and oxygen atoms in total. The summed E-state index contributed by atoms with van der Waals surface area (Å²) in [6, 6.07) is 11.1. The molecule has 5 rings (SSSR count). The van der Waals surface area contributed by atoms with Crippen molar-refractivity contribution in [3.63, 3.8) is 0 Å². The summed E-state index contributed by atoms with van der Waals surface area (Å²) in [5.41, 5.74) is 4.00. The number of aromatic nitrogens is 8. The number of aromatic carboxylic acids is 1. The molecule has 0 unspecified atom stereocenters. The fourth-order valence-corrected chi connectivity index (χ4v) is 4.57. The Labute approximate surface area is 212 Å². The summed E-state index contributed by atoms with van der Waals surface area (Å²) >= 11 is 0. The number of nitrogens with one attached hydrogen (secondary N) is 1. The van der Waals surface area contributed by atoms with Crippen LogP contribution in [0.1, 0.15) is 41.4 Å². The molecule has 0 bridgehead atoms. The van der Waals surface area contributed by atoms with Gasteiger partial charge in [0.2, 0.25) is 5.82 Å². The van der Waals surface area contributed by atoms with Crippen molar-refractivity contribution in [2.75, 3.05) is 0 Å². The molecule has 0 atom stereocenters. The van der Waals surface area contributed by atoms with Gasteiger partial charge in [-0.05, 0) is 46.9 Å². The van der Waals surface area contributed by atoms with Gasteiger partial charge in [-0.2, -0.15) is 5.21 Å². The minimum atomic E-state index is -1.09. The van der Waals surface area contributed by atoms with Crippen molar-refractivity contribution in [2.24, 2.45) is 7.05 Å². The molecule has 11 heteroatoms. The maximum Gasteiger partial charge on any atom is 0.339 e. The molecule has 0 spiro atoms. The number of rotatable bonds is 9. The molecule has 37 heavy (non-hydrogen) atoms. The van der Waals surface area contributed by atoms with E-state index in [2.05, 4.69) is 32.5 Å². The lowest BCUT2D eigenvalue weighted by Crippen LogP contribution is -2.27. The molecular formula is C26H26N8O3. The number of imidazole rings is 1. The molecule has 0 saturated carbocycles. The second-order valence-corrected chi connectivity index (χ2v) is 8.75. The van der Waals surface area contributed by atoms with Crippen molar-refractivity contribution in [1.82, 2.24) is 39.3 Å². The third-order valence-electron chi connectivity index (χ3n) is 6.38. The van der Waals surface area contributed by atoms with Gasteiger partial charge in [0, 0.05) is 43.1 Å². The summed E-state index contributed by atoms with van der Waals surface area (Å²) < 4.78 is 4.78. The second-order valence-electron chi connectivity index (χ2n) is 8.75. The Morgan fingerprint density at radius 3 is 2.65 bits per heavy atom. The van der Waals surface area contributed by atoms with Crippen LogP contribution in [0.25, 0.3) is 28.3 Å².